The first kappa shape index (κ1) is 12.4. The second-order valence-corrected chi connectivity index (χ2v) is 5.94. The molecular weight excluding hydrogens is 287 g/mol. The van der Waals surface area contributed by atoms with Gasteiger partial charge in [0.15, 0.2) is 0 Å². The molecule has 5 heteroatoms. The number of benzene rings is 1. The Morgan fingerprint density at radius 1 is 1.41 bits per heavy atom. The van der Waals surface area contributed by atoms with Crippen LogP contribution >= 0.6 is 15.9 Å². The van der Waals surface area contributed by atoms with E-state index < -0.39 is 0 Å². The van der Waals surface area contributed by atoms with Crippen LogP contribution in [0.15, 0.2) is 16.6 Å². The number of carbonyl (C=O) groups excluding carboxylic acids is 1. The van der Waals surface area contributed by atoms with E-state index in [0.29, 0.717) is 10.2 Å². The molecule has 0 unspecified atom stereocenters. The minimum atomic E-state index is -0.375. The average Bonchev–Trinajstić information content (AvgIpc) is 2.18. The standard InChI is InChI=1S/C12H14BrFN2O/c1-12(2,3)16-6-11(17)15-9-5-8(14)7(13)4-10(9)16/h4-5H,6H2,1-3H3,(H,15,17). The SMILES string of the molecule is CC(C)(C)N1CC(=O)Nc2cc(F)c(Br)cc21. The smallest absolute Gasteiger partial charge is 0.243 e. The van der Waals surface area contributed by atoms with Crippen molar-refractivity contribution in [3.63, 3.8) is 0 Å². The van der Waals surface area contributed by atoms with Crippen LogP contribution in [0, 0.1) is 5.82 Å². The first-order valence-corrected chi connectivity index (χ1v) is 6.15. The number of carbonyl (C=O) groups is 1. The quantitative estimate of drug-likeness (QED) is 0.798. The van der Waals surface area contributed by atoms with Gasteiger partial charge in [-0.1, -0.05) is 0 Å². The third kappa shape index (κ3) is 2.29. The maximum atomic E-state index is 13.4. The highest BCUT2D eigenvalue weighted by atomic mass is 79.9. The molecular formula is C12H14BrFN2O. The summed E-state index contributed by atoms with van der Waals surface area (Å²) in [6.45, 7) is 6.35. The number of hydrogen-bond acceptors (Lipinski definition) is 2. The molecule has 1 aliphatic rings. The monoisotopic (exact) mass is 300 g/mol. The van der Waals surface area contributed by atoms with E-state index in [1.54, 1.807) is 6.07 Å². The lowest BCUT2D eigenvalue weighted by Gasteiger charge is -2.41. The van der Waals surface area contributed by atoms with Crippen molar-refractivity contribution < 1.29 is 9.18 Å². The van der Waals surface area contributed by atoms with E-state index in [1.165, 1.54) is 6.07 Å². The largest absolute Gasteiger partial charge is 0.356 e. The molecule has 0 fully saturated rings. The topological polar surface area (TPSA) is 32.3 Å². The molecule has 1 amide bonds. The molecule has 0 bridgehead atoms. The van der Waals surface area contributed by atoms with E-state index >= 15 is 0 Å². The highest BCUT2D eigenvalue weighted by Crippen LogP contribution is 2.37. The van der Waals surface area contributed by atoms with Gasteiger partial charge in [-0.2, -0.15) is 0 Å². The lowest BCUT2D eigenvalue weighted by atomic mass is 10.0. The number of rotatable bonds is 0. The molecule has 0 radical (unpaired) electrons. The Labute approximate surface area is 108 Å². The number of amides is 1. The van der Waals surface area contributed by atoms with Crippen molar-refractivity contribution >= 4 is 33.2 Å². The Balaban J connectivity index is 2.56. The first-order valence-electron chi connectivity index (χ1n) is 5.35. The number of nitrogens with one attached hydrogen (secondary N) is 1. The number of anilines is 2. The van der Waals surface area contributed by atoms with Crippen molar-refractivity contribution in [2.24, 2.45) is 0 Å². The summed E-state index contributed by atoms with van der Waals surface area (Å²) in [5.41, 5.74) is 1.17. The van der Waals surface area contributed by atoms with Crippen molar-refractivity contribution in [3.05, 3.63) is 22.4 Å². The fraction of sp³-hybridized carbons (Fsp3) is 0.417. The Bertz CT molecular complexity index is 482. The van der Waals surface area contributed by atoms with E-state index in [0.717, 1.165) is 5.69 Å². The number of fused-ring (bicyclic) bond motifs is 1. The Kier molecular flexibility index (Phi) is 2.89. The first-order chi connectivity index (χ1) is 7.79. The molecule has 1 N–H and O–H groups in total. The molecule has 1 heterocycles. The normalized spacial score (nSPS) is 15.6. The van der Waals surface area contributed by atoms with Crippen LogP contribution in [0.25, 0.3) is 0 Å². The van der Waals surface area contributed by atoms with Crippen LogP contribution in [0.4, 0.5) is 15.8 Å². The predicted molar refractivity (Wildman–Crippen MR) is 69.8 cm³/mol. The van der Waals surface area contributed by atoms with Gasteiger partial charge in [-0.05, 0) is 42.8 Å². The van der Waals surface area contributed by atoms with Crippen molar-refractivity contribution in [2.75, 3.05) is 16.8 Å². The van der Waals surface area contributed by atoms with Gasteiger partial charge in [0.1, 0.15) is 5.82 Å². The Morgan fingerprint density at radius 2 is 2.06 bits per heavy atom. The minimum absolute atomic E-state index is 0.117. The molecule has 2 rings (SSSR count). The van der Waals surface area contributed by atoms with Crippen LogP contribution in [0.5, 0.6) is 0 Å². The highest BCUT2D eigenvalue weighted by molar-refractivity contribution is 9.10. The van der Waals surface area contributed by atoms with Gasteiger partial charge >= 0.3 is 0 Å². The Hall–Kier alpha value is -1.10. The van der Waals surface area contributed by atoms with E-state index in [-0.39, 0.29) is 23.8 Å². The summed E-state index contributed by atoms with van der Waals surface area (Å²) in [4.78, 5) is 13.6. The minimum Gasteiger partial charge on any atom is -0.356 e. The number of hydrogen-bond donors (Lipinski definition) is 1. The zero-order valence-electron chi connectivity index (χ0n) is 9.97. The van der Waals surface area contributed by atoms with Crippen molar-refractivity contribution in [2.45, 2.75) is 26.3 Å². The molecule has 0 aromatic heterocycles. The van der Waals surface area contributed by atoms with Crippen LogP contribution in [0.2, 0.25) is 0 Å². The molecule has 1 aromatic carbocycles. The number of halogens is 2. The highest BCUT2D eigenvalue weighted by Gasteiger charge is 2.30. The van der Waals surface area contributed by atoms with E-state index in [1.807, 2.05) is 25.7 Å². The summed E-state index contributed by atoms with van der Waals surface area (Å²) < 4.78 is 13.8. The van der Waals surface area contributed by atoms with E-state index in [4.69, 9.17) is 0 Å². The zero-order valence-corrected chi connectivity index (χ0v) is 11.6. The van der Waals surface area contributed by atoms with Crippen LogP contribution in [-0.2, 0) is 4.79 Å². The van der Waals surface area contributed by atoms with Gasteiger partial charge in [0.25, 0.3) is 0 Å². The molecule has 1 aliphatic heterocycles. The molecule has 1 aromatic rings. The molecule has 0 saturated carbocycles. The van der Waals surface area contributed by atoms with Gasteiger partial charge < -0.3 is 10.2 Å². The lowest BCUT2D eigenvalue weighted by molar-refractivity contribution is -0.115. The van der Waals surface area contributed by atoms with Gasteiger partial charge in [0.05, 0.1) is 22.4 Å². The molecule has 0 spiro atoms. The molecule has 92 valence electrons. The fourth-order valence-electron chi connectivity index (χ4n) is 1.88. The second-order valence-electron chi connectivity index (χ2n) is 5.09. The summed E-state index contributed by atoms with van der Waals surface area (Å²) in [5.74, 6) is -0.492. The van der Waals surface area contributed by atoms with Crippen LogP contribution in [-0.4, -0.2) is 18.0 Å². The third-order valence-corrected chi connectivity index (χ3v) is 3.32. The van der Waals surface area contributed by atoms with Crippen molar-refractivity contribution in [1.82, 2.24) is 0 Å². The maximum Gasteiger partial charge on any atom is 0.243 e. The molecule has 17 heavy (non-hydrogen) atoms. The average molecular weight is 301 g/mol. The summed E-state index contributed by atoms with van der Waals surface area (Å²) in [7, 11) is 0. The van der Waals surface area contributed by atoms with Gasteiger partial charge in [-0.25, -0.2) is 4.39 Å². The van der Waals surface area contributed by atoms with Crippen LogP contribution in [0.1, 0.15) is 20.8 Å². The van der Waals surface area contributed by atoms with Gasteiger partial charge in [0, 0.05) is 11.6 Å². The molecule has 3 nitrogen and oxygen atoms in total. The van der Waals surface area contributed by atoms with Crippen LogP contribution < -0.4 is 10.2 Å². The summed E-state index contributed by atoms with van der Waals surface area (Å²) in [6, 6.07) is 3.05. The van der Waals surface area contributed by atoms with E-state index in [9.17, 15) is 9.18 Å². The maximum absolute atomic E-state index is 13.4. The van der Waals surface area contributed by atoms with Crippen LogP contribution in [0.3, 0.4) is 0 Å². The third-order valence-electron chi connectivity index (χ3n) is 2.71. The van der Waals surface area contributed by atoms with Crippen molar-refractivity contribution in [1.29, 1.82) is 0 Å². The zero-order chi connectivity index (χ0) is 12.8. The summed E-state index contributed by atoms with van der Waals surface area (Å²) in [6.07, 6.45) is 0. The van der Waals surface area contributed by atoms with Gasteiger partial charge in [-0.15, -0.1) is 0 Å². The molecule has 0 aliphatic carbocycles. The second kappa shape index (κ2) is 3.98. The predicted octanol–water partition coefficient (Wildman–Crippen LogP) is 3.15. The fourth-order valence-corrected chi connectivity index (χ4v) is 2.21. The van der Waals surface area contributed by atoms with Gasteiger partial charge in [0.2, 0.25) is 5.91 Å². The lowest BCUT2D eigenvalue weighted by Crippen LogP contribution is -2.49. The summed E-state index contributed by atoms with van der Waals surface area (Å²) >= 11 is 3.17. The van der Waals surface area contributed by atoms with Gasteiger partial charge in [-0.3, -0.25) is 4.79 Å². The van der Waals surface area contributed by atoms with E-state index in [2.05, 4.69) is 21.2 Å². The Morgan fingerprint density at radius 3 is 2.65 bits per heavy atom. The van der Waals surface area contributed by atoms with Crippen molar-refractivity contribution in [3.8, 4) is 0 Å². The summed E-state index contributed by atoms with van der Waals surface area (Å²) in [5, 5.41) is 2.69. The molecule has 0 saturated heterocycles. The molecule has 0 atom stereocenters. The number of nitrogens with zero attached hydrogens (tertiary/aromatic N) is 1.